The van der Waals surface area contributed by atoms with E-state index >= 15 is 0 Å². The lowest BCUT2D eigenvalue weighted by atomic mass is 9.97. The van der Waals surface area contributed by atoms with Crippen LogP contribution in [0, 0.1) is 0 Å². The van der Waals surface area contributed by atoms with Crippen molar-refractivity contribution >= 4 is 21.9 Å². The second-order valence-corrected chi connectivity index (χ2v) is 8.09. The maximum absolute atomic E-state index is 6.33. The molecule has 30 heavy (non-hydrogen) atoms. The fraction of sp³-hybridized carbons (Fsp3) is 0.346. The summed E-state index contributed by atoms with van der Waals surface area (Å²) in [4.78, 5) is 7.10. The molecule has 2 aromatic carbocycles. The van der Waals surface area contributed by atoms with Crippen molar-refractivity contribution < 1.29 is 9.15 Å². The van der Waals surface area contributed by atoms with E-state index in [1.165, 1.54) is 21.9 Å². The number of pyridine rings is 1. The molecule has 1 aliphatic heterocycles. The molecular weight excluding hydrogens is 372 g/mol. The summed E-state index contributed by atoms with van der Waals surface area (Å²) in [5, 5.41) is 2.41. The predicted octanol–water partition coefficient (Wildman–Crippen LogP) is 5.76. The van der Waals surface area contributed by atoms with Crippen LogP contribution in [0.3, 0.4) is 0 Å². The molecule has 0 saturated heterocycles. The molecule has 4 heteroatoms. The van der Waals surface area contributed by atoms with Crippen molar-refractivity contribution in [3.05, 3.63) is 71.6 Å². The molecule has 1 aliphatic rings. The number of hydrogen-bond acceptors (Lipinski definition) is 4. The molecule has 1 unspecified atom stereocenters. The molecule has 0 aliphatic carbocycles. The van der Waals surface area contributed by atoms with E-state index in [4.69, 9.17) is 9.15 Å². The Morgan fingerprint density at radius 3 is 2.93 bits per heavy atom. The number of furan rings is 1. The Bertz CT molecular complexity index is 1180. The lowest BCUT2D eigenvalue weighted by molar-refractivity contribution is 0.158. The van der Waals surface area contributed by atoms with Gasteiger partial charge in [0.2, 0.25) is 0 Å². The number of para-hydroxylation sites is 1. The minimum atomic E-state index is 0.485. The summed E-state index contributed by atoms with van der Waals surface area (Å²) in [5.41, 5.74) is 4.68. The minimum absolute atomic E-state index is 0.485. The number of aromatic nitrogens is 1. The average Bonchev–Trinajstić information content (AvgIpc) is 3.16. The van der Waals surface area contributed by atoms with Gasteiger partial charge in [-0.3, -0.25) is 9.88 Å². The van der Waals surface area contributed by atoms with Crippen LogP contribution in [-0.4, -0.2) is 29.1 Å². The van der Waals surface area contributed by atoms with E-state index in [1.807, 2.05) is 25.3 Å². The Morgan fingerprint density at radius 2 is 2.07 bits per heavy atom. The van der Waals surface area contributed by atoms with Crippen LogP contribution in [0.1, 0.15) is 37.2 Å². The highest BCUT2D eigenvalue weighted by atomic mass is 16.5. The van der Waals surface area contributed by atoms with Crippen molar-refractivity contribution in [3.8, 4) is 5.75 Å². The predicted molar refractivity (Wildman–Crippen MR) is 121 cm³/mol. The first-order chi connectivity index (χ1) is 14.8. The van der Waals surface area contributed by atoms with Crippen LogP contribution in [0.2, 0.25) is 0 Å². The second kappa shape index (κ2) is 8.11. The largest absolute Gasteiger partial charge is 0.490 e. The fourth-order valence-corrected chi connectivity index (χ4v) is 4.74. The molecule has 4 nitrogen and oxygen atoms in total. The van der Waals surface area contributed by atoms with Gasteiger partial charge in [0.1, 0.15) is 5.76 Å². The van der Waals surface area contributed by atoms with Crippen molar-refractivity contribution in [1.82, 2.24) is 9.88 Å². The Kier molecular flexibility index (Phi) is 5.17. The summed E-state index contributed by atoms with van der Waals surface area (Å²) in [5.74, 6) is 1.95. The summed E-state index contributed by atoms with van der Waals surface area (Å²) in [6, 6.07) is 17.5. The second-order valence-electron chi connectivity index (χ2n) is 8.09. The standard InChI is InChI=1S/C26H28N2O2/c1-3-20(15-18-10-11-19-7-6-13-27-23(19)16-18)28-14-12-21-22-8-5-9-24(29-4-2)26(22)30-25(21)17-28/h5-11,13,16,20H,3-4,12,14-15,17H2,1-2H3. The highest BCUT2D eigenvalue weighted by Gasteiger charge is 2.27. The highest BCUT2D eigenvalue weighted by molar-refractivity contribution is 5.87. The Balaban J connectivity index is 1.39. The van der Waals surface area contributed by atoms with Crippen LogP contribution in [0.4, 0.5) is 0 Å². The first-order valence-electron chi connectivity index (χ1n) is 11.0. The van der Waals surface area contributed by atoms with Gasteiger partial charge in [0.15, 0.2) is 11.3 Å². The van der Waals surface area contributed by atoms with Gasteiger partial charge in [-0.2, -0.15) is 0 Å². The first kappa shape index (κ1) is 19.1. The van der Waals surface area contributed by atoms with Crippen LogP contribution in [0.5, 0.6) is 5.75 Å². The Morgan fingerprint density at radius 1 is 1.13 bits per heavy atom. The number of rotatable bonds is 6. The summed E-state index contributed by atoms with van der Waals surface area (Å²) in [6.07, 6.45) is 5.03. The van der Waals surface area contributed by atoms with E-state index in [9.17, 15) is 0 Å². The molecule has 4 aromatic rings. The molecule has 5 rings (SSSR count). The third-order valence-corrected chi connectivity index (χ3v) is 6.29. The van der Waals surface area contributed by atoms with Crippen LogP contribution < -0.4 is 4.74 Å². The van der Waals surface area contributed by atoms with Crippen molar-refractivity contribution in [3.63, 3.8) is 0 Å². The van der Waals surface area contributed by atoms with Gasteiger partial charge in [-0.15, -0.1) is 0 Å². The van der Waals surface area contributed by atoms with Crippen LogP contribution in [0.25, 0.3) is 21.9 Å². The quantitative estimate of drug-likeness (QED) is 0.412. The van der Waals surface area contributed by atoms with Crippen molar-refractivity contribution in [1.29, 1.82) is 0 Å². The zero-order valence-corrected chi connectivity index (χ0v) is 17.7. The fourth-order valence-electron chi connectivity index (χ4n) is 4.74. The van der Waals surface area contributed by atoms with Gasteiger partial charge in [-0.1, -0.05) is 37.3 Å². The summed E-state index contributed by atoms with van der Waals surface area (Å²) in [7, 11) is 0. The molecule has 0 spiro atoms. The lowest BCUT2D eigenvalue weighted by Crippen LogP contribution is -2.39. The van der Waals surface area contributed by atoms with E-state index in [0.29, 0.717) is 12.6 Å². The number of nitrogens with zero attached hydrogens (tertiary/aromatic N) is 2. The number of benzene rings is 2. The van der Waals surface area contributed by atoms with E-state index in [1.54, 1.807) is 0 Å². The Labute approximate surface area is 177 Å². The molecule has 0 N–H and O–H groups in total. The van der Waals surface area contributed by atoms with Crippen LogP contribution in [0.15, 0.2) is 59.1 Å². The van der Waals surface area contributed by atoms with Crippen LogP contribution in [-0.2, 0) is 19.4 Å². The summed E-state index contributed by atoms with van der Waals surface area (Å²) in [6.45, 7) is 6.86. The molecule has 3 heterocycles. The third-order valence-electron chi connectivity index (χ3n) is 6.29. The zero-order valence-electron chi connectivity index (χ0n) is 17.7. The number of fused-ring (bicyclic) bond motifs is 4. The normalized spacial score (nSPS) is 15.4. The monoisotopic (exact) mass is 400 g/mol. The minimum Gasteiger partial charge on any atom is -0.490 e. The topological polar surface area (TPSA) is 38.5 Å². The zero-order chi connectivity index (χ0) is 20.5. The molecule has 0 radical (unpaired) electrons. The molecule has 0 fully saturated rings. The molecule has 1 atom stereocenters. The maximum atomic E-state index is 6.33. The van der Waals surface area contributed by atoms with Gasteiger partial charge in [0.05, 0.1) is 18.7 Å². The lowest BCUT2D eigenvalue weighted by Gasteiger charge is -2.33. The Hall–Kier alpha value is -2.85. The molecule has 154 valence electrons. The summed E-state index contributed by atoms with van der Waals surface area (Å²) >= 11 is 0. The molecule has 2 aromatic heterocycles. The van der Waals surface area contributed by atoms with Gasteiger partial charge in [0.25, 0.3) is 0 Å². The first-order valence-corrected chi connectivity index (χ1v) is 11.0. The van der Waals surface area contributed by atoms with Gasteiger partial charge < -0.3 is 9.15 Å². The number of hydrogen-bond donors (Lipinski definition) is 0. The van der Waals surface area contributed by atoms with Crippen molar-refractivity contribution in [2.75, 3.05) is 13.2 Å². The average molecular weight is 401 g/mol. The van der Waals surface area contributed by atoms with Gasteiger partial charge in [-0.25, -0.2) is 0 Å². The van der Waals surface area contributed by atoms with E-state index in [2.05, 4.69) is 53.2 Å². The smallest absolute Gasteiger partial charge is 0.176 e. The van der Waals surface area contributed by atoms with Crippen molar-refractivity contribution in [2.45, 2.75) is 45.7 Å². The molecular formula is C26H28N2O2. The van der Waals surface area contributed by atoms with E-state index in [0.717, 1.165) is 55.0 Å². The highest BCUT2D eigenvalue weighted by Crippen LogP contribution is 2.36. The molecule has 0 saturated carbocycles. The van der Waals surface area contributed by atoms with Crippen LogP contribution >= 0.6 is 0 Å². The molecule has 0 amide bonds. The maximum Gasteiger partial charge on any atom is 0.176 e. The van der Waals surface area contributed by atoms with Gasteiger partial charge in [-0.05, 0) is 49.9 Å². The van der Waals surface area contributed by atoms with E-state index < -0.39 is 0 Å². The van der Waals surface area contributed by atoms with Gasteiger partial charge >= 0.3 is 0 Å². The van der Waals surface area contributed by atoms with Crippen molar-refractivity contribution in [2.24, 2.45) is 0 Å². The third kappa shape index (κ3) is 3.46. The number of ether oxygens (including phenoxy) is 1. The summed E-state index contributed by atoms with van der Waals surface area (Å²) < 4.78 is 12.1. The van der Waals surface area contributed by atoms with E-state index in [-0.39, 0.29) is 0 Å². The SMILES string of the molecule is CCOc1cccc2c3c(oc12)CN(C(CC)Cc1ccc2cccnc2c1)CC3. The van der Waals surface area contributed by atoms with Gasteiger partial charge in [0, 0.05) is 35.1 Å². The molecule has 0 bridgehead atoms.